The van der Waals surface area contributed by atoms with Gasteiger partial charge in [0.25, 0.3) is 0 Å². The van der Waals surface area contributed by atoms with Crippen LogP contribution >= 0.6 is 0 Å². The van der Waals surface area contributed by atoms with Crippen LogP contribution in [0.15, 0.2) is 42.9 Å². The van der Waals surface area contributed by atoms with Gasteiger partial charge in [0.1, 0.15) is 5.82 Å². The predicted octanol–water partition coefficient (Wildman–Crippen LogP) is 2.34. The largest absolute Gasteiger partial charge is 0.376 e. The molecule has 0 radical (unpaired) electrons. The summed E-state index contributed by atoms with van der Waals surface area (Å²) in [5.74, 6) is 0.526. The van der Waals surface area contributed by atoms with Crippen molar-refractivity contribution in [3.05, 3.63) is 42.9 Å². The Morgan fingerprint density at radius 2 is 2.22 bits per heavy atom. The van der Waals surface area contributed by atoms with Gasteiger partial charge in [-0.15, -0.1) is 0 Å². The first kappa shape index (κ1) is 17.6. The summed E-state index contributed by atoms with van der Waals surface area (Å²) in [4.78, 5) is 16.6. The van der Waals surface area contributed by atoms with Crippen LogP contribution in [0.5, 0.6) is 0 Å². The zero-order valence-corrected chi connectivity index (χ0v) is 15.3. The highest BCUT2D eigenvalue weighted by Gasteiger charge is 2.15. The molecule has 140 valence electrons. The van der Waals surface area contributed by atoms with Gasteiger partial charge in [0.2, 0.25) is 5.91 Å². The fraction of sp³-hybridized carbons (Fsp3) is 0.350. The number of pyridine rings is 1. The van der Waals surface area contributed by atoms with E-state index < -0.39 is 0 Å². The minimum absolute atomic E-state index is 0.0422. The molecule has 3 aromatic rings. The Bertz CT molecular complexity index is 946. The number of ether oxygens (including phenoxy) is 1. The smallest absolute Gasteiger partial charge is 0.225 e. The zero-order chi connectivity index (χ0) is 18.6. The number of rotatable bonds is 5. The van der Waals surface area contributed by atoms with Crippen LogP contribution in [0.1, 0.15) is 12.8 Å². The molecule has 3 heterocycles. The number of carbonyl (C=O) groups is 1. The van der Waals surface area contributed by atoms with Crippen LogP contribution in [0.2, 0.25) is 0 Å². The molecule has 0 aliphatic carbocycles. The lowest BCUT2D eigenvalue weighted by Crippen LogP contribution is -2.38. The van der Waals surface area contributed by atoms with Crippen molar-refractivity contribution in [3.8, 4) is 11.1 Å². The number of nitrogens with one attached hydrogen (secondary N) is 2. The predicted molar refractivity (Wildman–Crippen MR) is 104 cm³/mol. The summed E-state index contributed by atoms with van der Waals surface area (Å²) in [6, 6.07) is 8.08. The first-order valence-corrected chi connectivity index (χ1v) is 9.18. The second-order valence-corrected chi connectivity index (χ2v) is 6.82. The van der Waals surface area contributed by atoms with E-state index in [0.29, 0.717) is 25.3 Å². The summed E-state index contributed by atoms with van der Waals surface area (Å²) in [5.41, 5.74) is 2.14. The van der Waals surface area contributed by atoms with Gasteiger partial charge in [0, 0.05) is 49.9 Å². The van der Waals surface area contributed by atoms with Gasteiger partial charge in [-0.25, -0.2) is 4.98 Å². The van der Waals surface area contributed by atoms with Crippen LogP contribution < -0.4 is 10.6 Å². The molecule has 1 aromatic carbocycles. The Hall–Kier alpha value is -2.77. The van der Waals surface area contributed by atoms with Crippen LogP contribution in [0.3, 0.4) is 0 Å². The molecule has 7 nitrogen and oxygen atoms in total. The molecule has 27 heavy (non-hydrogen) atoms. The average molecular weight is 365 g/mol. The minimum Gasteiger partial charge on any atom is -0.376 e. The summed E-state index contributed by atoms with van der Waals surface area (Å²) >= 11 is 0. The van der Waals surface area contributed by atoms with E-state index >= 15 is 0 Å². The molecule has 1 unspecified atom stereocenters. The normalized spacial score (nSPS) is 17.1. The summed E-state index contributed by atoms with van der Waals surface area (Å²) in [5, 5.41) is 12.4. The fourth-order valence-electron chi connectivity index (χ4n) is 3.26. The van der Waals surface area contributed by atoms with E-state index in [4.69, 9.17) is 4.74 Å². The highest BCUT2D eigenvalue weighted by Crippen LogP contribution is 2.25. The van der Waals surface area contributed by atoms with Gasteiger partial charge in [-0.1, -0.05) is 12.1 Å². The van der Waals surface area contributed by atoms with Gasteiger partial charge in [-0.2, -0.15) is 5.10 Å². The van der Waals surface area contributed by atoms with Gasteiger partial charge >= 0.3 is 0 Å². The van der Waals surface area contributed by atoms with Crippen molar-refractivity contribution in [1.29, 1.82) is 0 Å². The molecule has 0 spiro atoms. The van der Waals surface area contributed by atoms with Crippen LogP contribution in [-0.2, 0) is 16.6 Å². The second-order valence-electron chi connectivity index (χ2n) is 6.82. The maximum atomic E-state index is 12.2. The number of aromatic nitrogens is 3. The third-order valence-corrected chi connectivity index (χ3v) is 4.73. The quantitative estimate of drug-likeness (QED) is 0.725. The lowest BCUT2D eigenvalue weighted by atomic mass is 10.1. The number of hydrogen-bond donors (Lipinski definition) is 2. The van der Waals surface area contributed by atoms with Gasteiger partial charge in [0.15, 0.2) is 0 Å². The van der Waals surface area contributed by atoms with Crippen LogP contribution in [0.25, 0.3) is 21.9 Å². The monoisotopic (exact) mass is 365 g/mol. The van der Waals surface area contributed by atoms with E-state index in [1.807, 2.05) is 31.6 Å². The topological polar surface area (TPSA) is 81.1 Å². The van der Waals surface area contributed by atoms with E-state index in [1.54, 1.807) is 10.9 Å². The average Bonchev–Trinajstić information content (AvgIpc) is 3.13. The lowest BCUT2D eigenvalue weighted by molar-refractivity contribution is -0.117. The number of fused-ring (bicyclic) bond motifs is 1. The van der Waals surface area contributed by atoms with Crippen molar-refractivity contribution >= 4 is 22.5 Å². The molecular formula is C20H23N5O2. The molecule has 1 aliphatic rings. The standard InChI is InChI=1S/C20H23N5O2/c1-25-13-17(11-23-25)14-2-3-15-10-22-19(9-16(15)8-14)24-20(26)5-4-18-12-21-6-7-27-18/h2-3,8-11,13,18,21H,4-7,12H2,1H3,(H,22,24,26). The Balaban J connectivity index is 1.44. The van der Waals surface area contributed by atoms with E-state index in [1.165, 1.54) is 0 Å². The van der Waals surface area contributed by atoms with Crippen molar-refractivity contribution in [2.24, 2.45) is 7.05 Å². The number of aryl methyl sites for hydroxylation is 1. The molecule has 1 atom stereocenters. The molecular weight excluding hydrogens is 342 g/mol. The Morgan fingerprint density at radius 1 is 1.30 bits per heavy atom. The Labute approximate surface area is 157 Å². The summed E-state index contributed by atoms with van der Waals surface area (Å²) in [7, 11) is 1.90. The molecule has 1 aliphatic heterocycles. The third kappa shape index (κ3) is 4.32. The maximum Gasteiger partial charge on any atom is 0.225 e. The molecule has 1 amide bonds. The van der Waals surface area contributed by atoms with Gasteiger partial charge in [-0.05, 0) is 29.5 Å². The minimum atomic E-state index is -0.0422. The molecule has 1 saturated heterocycles. The Kier molecular flexibility index (Phi) is 5.13. The number of anilines is 1. The van der Waals surface area contributed by atoms with E-state index in [-0.39, 0.29) is 12.0 Å². The molecule has 0 bridgehead atoms. The highest BCUT2D eigenvalue weighted by atomic mass is 16.5. The van der Waals surface area contributed by atoms with Gasteiger partial charge < -0.3 is 15.4 Å². The fourth-order valence-corrected chi connectivity index (χ4v) is 3.26. The van der Waals surface area contributed by atoms with Crippen LogP contribution in [0, 0.1) is 0 Å². The molecule has 1 fully saturated rings. The summed E-state index contributed by atoms with van der Waals surface area (Å²) in [6.45, 7) is 2.39. The maximum absolute atomic E-state index is 12.2. The first-order valence-electron chi connectivity index (χ1n) is 9.18. The molecule has 0 saturated carbocycles. The summed E-state index contributed by atoms with van der Waals surface area (Å²) in [6.07, 6.45) is 6.84. The Morgan fingerprint density at radius 3 is 3.00 bits per heavy atom. The van der Waals surface area contributed by atoms with E-state index in [9.17, 15) is 4.79 Å². The third-order valence-electron chi connectivity index (χ3n) is 4.73. The highest BCUT2D eigenvalue weighted by molar-refractivity contribution is 5.93. The van der Waals surface area contributed by atoms with Crippen LogP contribution in [-0.4, -0.2) is 46.5 Å². The number of carbonyl (C=O) groups excluding carboxylic acids is 1. The van der Waals surface area contributed by atoms with Crippen LogP contribution in [0.4, 0.5) is 5.82 Å². The molecule has 7 heteroatoms. The lowest BCUT2D eigenvalue weighted by Gasteiger charge is -2.23. The molecule has 2 N–H and O–H groups in total. The number of morpholine rings is 1. The van der Waals surface area contributed by atoms with E-state index in [0.717, 1.165) is 35.0 Å². The molecule has 4 rings (SSSR count). The van der Waals surface area contributed by atoms with Crippen molar-refractivity contribution < 1.29 is 9.53 Å². The van der Waals surface area contributed by atoms with E-state index in [2.05, 4.69) is 32.8 Å². The van der Waals surface area contributed by atoms with Crippen molar-refractivity contribution in [3.63, 3.8) is 0 Å². The van der Waals surface area contributed by atoms with Crippen molar-refractivity contribution in [1.82, 2.24) is 20.1 Å². The van der Waals surface area contributed by atoms with Gasteiger partial charge in [-0.3, -0.25) is 9.48 Å². The first-order chi connectivity index (χ1) is 13.2. The number of nitrogens with zero attached hydrogens (tertiary/aromatic N) is 3. The van der Waals surface area contributed by atoms with Crippen molar-refractivity contribution in [2.75, 3.05) is 25.0 Å². The second kappa shape index (κ2) is 7.85. The zero-order valence-electron chi connectivity index (χ0n) is 15.3. The summed E-state index contributed by atoms with van der Waals surface area (Å²) < 4.78 is 7.41. The van der Waals surface area contributed by atoms with Gasteiger partial charge in [0.05, 0.1) is 18.9 Å². The number of amides is 1. The number of benzene rings is 1. The van der Waals surface area contributed by atoms with Crippen molar-refractivity contribution in [2.45, 2.75) is 18.9 Å². The SMILES string of the molecule is Cn1cc(-c2ccc3cnc(NC(=O)CCC4CNCCO4)cc3c2)cn1. The molecule has 2 aromatic heterocycles. The number of hydrogen-bond acceptors (Lipinski definition) is 5.